The average molecular weight is 368 g/mol. The summed E-state index contributed by atoms with van der Waals surface area (Å²) in [5.74, 6) is 0. The number of nitro benzene ring substituents is 1. The van der Waals surface area contributed by atoms with Gasteiger partial charge < -0.3 is 0 Å². The highest BCUT2D eigenvalue weighted by Gasteiger charge is 2.27. The SMILES string of the molecule is CCN(CC)S(=O)(=O)c1cc([N+](=O)[O-])ccc1NN=C1CCCCC1. The van der Waals surface area contributed by atoms with Crippen LogP contribution in [0.1, 0.15) is 46.0 Å². The summed E-state index contributed by atoms with van der Waals surface area (Å²) in [5.41, 5.74) is 3.81. The van der Waals surface area contributed by atoms with Gasteiger partial charge in [-0.05, 0) is 31.7 Å². The third-order valence-corrected chi connectivity index (χ3v) is 6.35. The van der Waals surface area contributed by atoms with Crippen LogP contribution in [0, 0.1) is 10.1 Å². The van der Waals surface area contributed by atoms with Gasteiger partial charge in [0, 0.05) is 30.9 Å². The molecule has 0 atom stereocenters. The monoisotopic (exact) mass is 368 g/mol. The van der Waals surface area contributed by atoms with Crippen molar-refractivity contribution in [2.75, 3.05) is 18.5 Å². The molecule has 0 spiro atoms. The zero-order valence-corrected chi connectivity index (χ0v) is 15.4. The third-order valence-electron chi connectivity index (χ3n) is 4.26. The summed E-state index contributed by atoms with van der Waals surface area (Å²) in [4.78, 5) is 10.3. The van der Waals surface area contributed by atoms with Crippen LogP contribution < -0.4 is 5.43 Å². The first kappa shape index (κ1) is 19.3. The van der Waals surface area contributed by atoms with Crippen molar-refractivity contribution in [3.63, 3.8) is 0 Å². The Morgan fingerprint density at radius 2 is 1.84 bits per heavy atom. The van der Waals surface area contributed by atoms with E-state index < -0.39 is 14.9 Å². The van der Waals surface area contributed by atoms with Gasteiger partial charge in [-0.1, -0.05) is 20.3 Å². The number of benzene rings is 1. The summed E-state index contributed by atoms with van der Waals surface area (Å²) in [6, 6.07) is 3.78. The molecular formula is C16H24N4O4S. The van der Waals surface area contributed by atoms with E-state index in [-0.39, 0.29) is 29.4 Å². The second kappa shape index (κ2) is 8.39. The molecule has 1 aromatic rings. The lowest BCUT2D eigenvalue weighted by atomic mass is 9.99. The summed E-state index contributed by atoms with van der Waals surface area (Å²) in [7, 11) is -3.84. The maximum atomic E-state index is 12.9. The van der Waals surface area contributed by atoms with Crippen LogP contribution in [0.3, 0.4) is 0 Å². The van der Waals surface area contributed by atoms with Crippen molar-refractivity contribution in [2.24, 2.45) is 5.10 Å². The maximum absolute atomic E-state index is 12.9. The number of hydrogen-bond acceptors (Lipinski definition) is 6. The van der Waals surface area contributed by atoms with Gasteiger partial charge in [0.25, 0.3) is 5.69 Å². The molecule has 1 N–H and O–H groups in total. The summed E-state index contributed by atoms with van der Waals surface area (Å²) >= 11 is 0. The number of non-ortho nitro benzene ring substituents is 1. The van der Waals surface area contributed by atoms with Gasteiger partial charge in [0.05, 0.1) is 10.6 Å². The molecule has 0 radical (unpaired) electrons. The standard InChI is InChI=1S/C16H24N4O4S/c1-3-19(4-2)25(23,24)16-12-14(20(21)22)10-11-15(16)18-17-13-8-6-5-7-9-13/h10-12,18H,3-9H2,1-2H3. The van der Waals surface area contributed by atoms with E-state index in [0.717, 1.165) is 37.5 Å². The van der Waals surface area contributed by atoms with E-state index in [9.17, 15) is 18.5 Å². The van der Waals surface area contributed by atoms with E-state index in [2.05, 4.69) is 10.5 Å². The largest absolute Gasteiger partial charge is 0.277 e. The highest BCUT2D eigenvalue weighted by atomic mass is 32.2. The second-order valence-corrected chi connectivity index (χ2v) is 7.78. The molecular weight excluding hydrogens is 344 g/mol. The summed E-state index contributed by atoms with van der Waals surface area (Å²) in [5, 5.41) is 15.4. The number of rotatable bonds is 7. The molecule has 0 bridgehead atoms. The van der Waals surface area contributed by atoms with E-state index in [1.54, 1.807) is 13.8 Å². The molecule has 25 heavy (non-hydrogen) atoms. The van der Waals surface area contributed by atoms with E-state index in [1.165, 1.54) is 22.9 Å². The van der Waals surface area contributed by atoms with Gasteiger partial charge in [-0.25, -0.2) is 8.42 Å². The van der Waals surface area contributed by atoms with Gasteiger partial charge >= 0.3 is 0 Å². The fourth-order valence-electron chi connectivity index (χ4n) is 2.84. The smallest absolute Gasteiger partial charge is 0.270 e. The molecule has 0 amide bonds. The first-order valence-electron chi connectivity index (χ1n) is 8.50. The van der Waals surface area contributed by atoms with Crippen LogP contribution >= 0.6 is 0 Å². The van der Waals surface area contributed by atoms with E-state index in [1.807, 2.05) is 0 Å². The number of nitro groups is 1. The third kappa shape index (κ3) is 4.55. The van der Waals surface area contributed by atoms with Gasteiger partial charge in [-0.3, -0.25) is 15.5 Å². The zero-order chi connectivity index (χ0) is 18.4. The molecule has 1 saturated carbocycles. The molecule has 1 aliphatic carbocycles. The number of hydrazone groups is 1. The van der Waals surface area contributed by atoms with Crippen LogP contribution in [0.15, 0.2) is 28.2 Å². The van der Waals surface area contributed by atoms with Gasteiger partial charge in [0.15, 0.2) is 0 Å². The number of sulfonamides is 1. The Hall–Kier alpha value is -2.00. The van der Waals surface area contributed by atoms with Crippen LogP contribution in [-0.4, -0.2) is 36.4 Å². The normalized spacial score (nSPS) is 15.2. The molecule has 0 heterocycles. The topological polar surface area (TPSA) is 105 Å². The van der Waals surface area contributed by atoms with Crippen molar-refractivity contribution in [1.29, 1.82) is 0 Å². The van der Waals surface area contributed by atoms with Gasteiger partial charge in [-0.15, -0.1) is 0 Å². The minimum Gasteiger partial charge on any atom is -0.277 e. The molecule has 1 aliphatic rings. The first-order valence-corrected chi connectivity index (χ1v) is 9.94. The average Bonchev–Trinajstić information content (AvgIpc) is 2.61. The number of anilines is 1. The molecule has 138 valence electrons. The van der Waals surface area contributed by atoms with Crippen molar-refractivity contribution >= 4 is 27.1 Å². The molecule has 1 fully saturated rings. The molecule has 2 rings (SSSR count). The van der Waals surface area contributed by atoms with E-state index >= 15 is 0 Å². The molecule has 0 aromatic heterocycles. The molecule has 1 aromatic carbocycles. The fraction of sp³-hybridized carbons (Fsp3) is 0.562. The first-order chi connectivity index (χ1) is 11.9. The molecule has 0 aliphatic heterocycles. The quantitative estimate of drug-likeness (QED) is 0.587. The lowest BCUT2D eigenvalue weighted by molar-refractivity contribution is -0.385. The summed E-state index contributed by atoms with van der Waals surface area (Å²) < 4.78 is 27.0. The summed E-state index contributed by atoms with van der Waals surface area (Å²) in [6.45, 7) is 4.03. The lowest BCUT2D eigenvalue weighted by Gasteiger charge is -2.20. The summed E-state index contributed by atoms with van der Waals surface area (Å²) in [6.07, 6.45) is 5.10. The highest BCUT2D eigenvalue weighted by Crippen LogP contribution is 2.29. The van der Waals surface area contributed by atoms with Crippen LogP contribution in [0.5, 0.6) is 0 Å². The molecule has 0 unspecified atom stereocenters. The lowest BCUT2D eigenvalue weighted by Crippen LogP contribution is -2.31. The highest BCUT2D eigenvalue weighted by molar-refractivity contribution is 7.89. The minimum absolute atomic E-state index is 0.120. The van der Waals surface area contributed by atoms with Crippen LogP contribution in [0.4, 0.5) is 11.4 Å². The van der Waals surface area contributed by atoms with Crippen molar-refractivity contribution in [1.82, 2.24) is 4.31 Å². The van der Waals surface area contributed by atoms with Gasteiger partial charge in [-0.2, -0.15) is 9.41 Å². The minimum atomic E-state index is -3.84. The Kier molecular flexibility index (Phi) is 6.49. The Bertz CT molecular complexity index is 749. The van der Waals surface area contributed by atoms with Gasteiger partial charge in [0.1, 0.15) is 4.90 Å². The fourth-order valence-corrected chi connectivity index (χ4v) is 4.46. The van der Waals surface area contributed by atoms with E-state index in [4.69, 9.17) is 0 Å². The van der Waals surface area contributed by atoms with Crippen LogP contribution in [-0.2, 0) is 10.0 Å². The Morgan fingerprint density at radius 1 is 1.20 bits per heavy atom. The molecule has 8 nitrogen and oxygen atoms in total. The predicted molar refractivity (Wildman–Crippen MR) is 97.3 cm³/mol. The van der Waals surface area contributed by atoms with Gasteiger partial charge in [0.2, 0.25) is 10.0 Å². The maximum Gasteiger partial charge on any atom is 0.270 e. The zero-order valence-electron chi connectivity index (χ0n) is 14.6. The Labute approximate surface area is 148 Å². The Balaban J connectivity index is 2.43. The van der Waals surface area contributed by atoms with Crippen molar-refractivity contribution < 1.29 is 13.3 Å². The molecule has 9 heteroatoms. The number of hydrogen-bond donors (Lipinski definition) is 1. The molecule has 0 saturated heterocycles. The van der Waals surface area contributed by atoms with Crippen LogP contribution in [0.2, 0.25) is 0 Å². The number of nitrogens with one attached hydrogen (secondary N) is 1. The van der Waals surface area contributed by atoms with Crippen LogP contribution in [0.25, 0.3) is 0 Å². The van der Waals surface area contributed by atoms with Crippen molar-refractivity contribution in [3.8, 4) is 0 Å². The van der Waals surface area contributed by atoms with E-state index in [0.29, 0.717) is 0 Å². The number of nitrogens with zero attached hydrogens (tertiary/aromatic N) is 3. The van der Waals surface area contributed by atoms with Crippen molar-refractivity contribution in [3.05, 3.63) is 28.3 Å². The predicted octanol–water partition coefficient (Wildman–Crippen LogP) is 3.36. The second-order valence-electron chi connectivity index (χ2n) is 5.88. The van der Waals surface area contributed by atoms with Crippen molar-refractivity contribution in [2.45, 2.75) is 50.8 Å². The Morgan fingerprint density at radius 3 is 2.40 bits per heavy atom.